The highest BCUT2D eigenvalue weighted by Crippen LogP contribution is 2.48. The molecule has 0 amide bonds. The molecule has 216 valence electrons. The van der Waals surface area contributed by atoms with E-state index in [0.29, 0.717) is 0 Å². The first-order valence-corrected chi connectivity index (χ1v) is 12.8. The van der Waals surface area contributed by atoms with Gasteiger partial charge >= 0.3 is 18.3 Å². The molecule has 1 heterocycles. The molecule has 3 rings (SSSR count). The standard InChI is InChI=1S/C24H30F8N2O3S/c1-21(2,20(35)36)13-37-18-11-19-17(10-16(18)24(30,31)32)34(14-4-7-22(25,26)8-5-14)12-15(33(3)38-19)6-9-23(27,28)29/h10-11,14-15H,4-9,12-13H2,1-3H3,(H,35,36). The van der Waals surface area contributed by atoms with Gasteiger partial charge in [-0.1, -0.05) is 0 Å². The highest BCUT2D eigenvalue weighted by Gasteiger charge is 2.43. The normalized spacial score (nSPS) is 21.7. The predicted octanol–water partition coefficient (Wildman–Crippen LogP) is 7.24. The zero-order valence-electron chi connectivity index (χ0n) is 21.1. The second-order valence-corrected chi connectivity index (χ2v) is 11.7. The summed E-state index contributed by atoms with van der Waals surface area (Å²) in [7, 11) is 1.53. The number of anilines is 1. The summed E-state index contributed by atoms with van der Waals surface area (Å²) >= 11 is 0.945. The Kier molecular flexibility index (Phi) is 8.77. The summed E-state index contributed by atoms with van der Waals surface area (Å²) in [6, 6.07) is 0.611. The van der Waals surface area contributed by atoms with Crippen molar-refractivity contribution in [3.63, 3.8) is 0 Å². The number of benzene rings is 1. The number of hydrogen-bond acceptors (Lipinski definition) is 5. The quantitative estimate of drug-likeness (QED) is 0.272. The number of nitrogens with zero attached hydrogens (tertiary/aromatic N) is 2. The summed E-state index contributed by atoms with van der Waals surface area (Å²) in [5.41, 5.74) is -2.61. The van der Waals surface area contributed by atoms with E-state index in [4.69, 9.17) is 4.74 Å². The molecule has 1 aliphatic carbocycles. The van der Waals surface area contributed by atoms with Gasteiger partial charge in [-0.15, -0.1) is 0 Å². The number of ether oxygens (including phenoxy) is 1. The molecule has 38 heavy (non-hydrogen) atoms. The van der Waals surface area contributed by atoms with Gasteiger partial charge in [-0.25, -0.2) is 13.1 Å². The fourth-order valence-corrected chi connectivity index (χ4v) is 5.52. The number of rotatable bonds is 7. The molecule has 1 aromatic rings. The Hall–Kier alpha value is -1.96. The maximum atomic E-state index is 14.1. The highest BCUT2D eigenvalue weighted by molar-refractivity contribution is 7.97. The van der Waals surface area contributed by atoms with E-state index < -0.39 is 78.9 Å². The Morgan fingerprint density at radius 1 is 1.13 bits per heavy atom. The number of likely N-dealkylation sites (N-methyl/N-ethyl adjacent to an activating group) is 1. The predicted molar refractivity (Wildman–Crippen MR) is 126 cm³/mol. The molecule has 0 aromatic heterocycles. The molecule has 1 aromatic carbocycles. The molecule has 0 radical (unpaired) electrons. The maximum Gasteiger partial charge on any atom is 0.420 e. The summed E-state index contributed by atoms with van der Waals surface area (Å²) in [4.78, 5) is 13.2. The third-order valence-corrected chi connectivity index (χ3v) is 8.01. The first kappa shape index (κ1) is 30.6. The largest absolute Gasteiger partial charge is 0.492 e. The minimum Gasteiger partial charge on any atom is -0.492 e. The molecule has 1 atom stereocenters. The number of carboxylic acid groups (broad SMARTS) is 1. The Balaban J connectivity index is 2.05. The topological polar surface area (TPSA) is 53.0 Å². The van der Waals surface area contributed by atoms with Crippen molar-refractivity contribution in [3.8, 4) is 5.75 Å². The molecule has 2 aliphatic rings. The van der Waals surface area contributed by atoms with Crippen LogP contribution in [-0.4, -0.2) is 59.8 Å². The number of carbonyl (C=O) groups is 1. The second-order valence-electron chi connectivity index (χ2n) is 10.5. The molecule has 5 nitrogen and oxygen atoms in total. The molecule has 0 saturated heterocycles. The van der Waals surface area contributed by atoms with Gasteiger partial charge in [0.1, 0.15) is 12.4 Å². The average molecular weight is 579 g/mol. The van der Waals surface area contributed by atoms with Crippen molar-refractivity contribution in [2.75, 3.05) is 25.1 Å². The van der Waals surface area contributed by atoms with Crippen LogP contribution in [-0.2, 0) is 11.0 Å². The SMILES string of the molecule is CN1Sc2cc(OCC(C)(C)C(=O)O)c(C(F)(F)F)cc2N(C2CCC(F)(F)CC2)CC1CCC(F)(F)F. The molecule has 0 bridgehead atoms. The first-order chi connectivity index (χ1) is 17.3. The van der Waals surface area contributed by atoms with E-state index >= 15 is 0 Å². The molecule has 1 saturated carbocycles. The van der Waals surface area contributed by atoms with Crippen LogP contribution in [0.3, 0.4) is 0 Å². The minimum atomic E-state index is -4.90. The van der Waals surface area contributed by atoms with E-state index in [0.717, 1.165) is 24.1 Å². The molecule has 1 fully saturated rings. The average Bonchev–Trinajstić information content (AvgIpc) is 2.90. The van der Waals surface area contributed by atoms with Crippen LogP contribution in [0, 0.1) is 5.41 Å². The first-order valence-electron chi connectivity index (χ1n) is 12.0. The summed E-state index contributed by atoms with van der Waals surface area (Å²) < 4.78 is 116. The van der Waals surface area contributed by atoms with Gasteiger partial charge in [0, 0.05) is 37.9 Å². The monoisotopic (exact) mass is 578 g/mol. The van der Waals surface area contributed by atoms with Gasteiger partial charge in [0.2, 0.25) is 5.92 Å². The Labute approximate surface area is 219 Å². The molecule has 1 unspecified atom stereocenters. The van der Waals surface area contributed by atoms with Crippen molar-refractivity contribution >= 4 is 23.6 Å². The van der Waals surface area contributed by atoms with Crippen molar-refractivity contribution in [3.05, 3.63) is 17.7 Å². The van der Waals surface area contributed by atoms with Crippen LogP contribution in [0.1, 0.15) is 57.9 Å². The summed E-state index contributed by atoms with van der Waals surface area (Å²) in [5, 5.41) is 9.31. The van der Waals surface area contributed by atoms with E-state index in [9.17, 15) is 45.0 Å². The van der Waals surface area contributed by atoms with Crippen LogP contribution in [0.25, 0.3) is 0 Å². The van der Waals surface area contributed by atoms with Crippen LogP contribution in [0.2, 0.25) is 0 Å². The van der Waals surface area contributed by atoms with Crippen LogP contribution < -0.4 is 9.64 Å². The van der Waals surface area contributed by atoms with E-state index in [-0.39, 0.29) is 36.4 Å². The minimum absolute atomic E-state index is 0.0286. The van der Waals surface area contributed by atoms with Gasteiger partial charge < -0.3 is 14.7 Å². The van der Waals surface area contributed by atoms with E-state index in [1.807, 2.05) is 0 Å². The van der Waals surface area contributed by atoms with E-state index in [1.54, 1.807) is 0 Å². The summed E-state index contributed by atoms with van der Waals surface area (Å²) in [5.74, 6) is -4.80. The number of carboxylic acids is 1. The maximum absolute atomic E-state index is 14.1. The van der Waals surface area contributed by atoms with Gasteiger partial charge in [0.25, 0.3) is 0 Å². The van der Waals surface area contributed by atoms with E-state index in [1.165, 1.54) is 30.1 Å². The number of hydrogen-bond donors (Lipinski definition) is 1. The number of aliphatic carboxylic acids is 1. The lowest BCUT2D eigenvalue weighted by molar-refractivity contribution is -0.148. The lowest BCUT2D eigenvalue weighted by Gasteiger charge is -2.40. The number of fused-ring (bicyclic) bond motifs is 1. The molecule has 1 N–H and O–H groups in total. The van der Waals surface area contributed by atoms with Crippen LogP contribution in [0.15, 0.2) is 17.0 Å². The third kappa shape index (κ3) is 7.57. The van der Waals surface area contributed by atoms with Crippen molar-refractivity contribution in [2.24, 2.45) is 5.41 Å². The molecule has 1 aliphatic heterocycles. The molecular weight excluding hydrogens is 548 g/mol. The van der Waals surface area contributed by atoms with Crippen molar-refractivity contribution < 1.29 is 49.8 Å². The Bertz CT molecular complexity index is 1010. The van der Waals surface area contributed by atoms with Gasteiger partial charge in [0.05, 0.1) is 21.6 Å². The fourth-order valence-electron chi connectivity index (χ4n) is 4.46. The lowest BCUT2D eigenvalue weighted by Crippen LogP contribution is -2.46. The zero-order valence-corrected chi connectivity index (χ0v) is 21.9. The number of halogens is 8. The van der Waals surface area contributed by atoms with Crippen molar-refractivity contribution in [2.45, 2.75) is 87.6 Å². The van der Waals surface area contributed by atoms with E-state index in [2.05, 4.69) is 0 Å². The van der Waals surface area contributed by atoms with Crippen LogP contribution >= 0.6 is 11.9 Å². The summed E-state index contributed by atoms with van der Waals surface area (Å²) in [6.45, 7) is 1.94. The zero-order chi connectivity index (χ0) is 28.7. The molecule has 14 heteroatoms. The van der Waals surface area contributed by atoms with Gasteiger partial charge in [-0.2, -0.15) is 26.3 Å². The smallest absolute Gasteiger partial charge is 0.420 e. The van der Waals surface area contributed by atoms with Crippen LogP contribution in [0.4, 0.5) is 40.8 Å². The van der Waals surface area contributed by atoms with Crippen molar-refractivity contribution in [1.82, 2.24) is 4.31 Å². The van der Waals surface area contributed by atoms with Crippen LogP contribution in [0.5, 0.6) is 5.75 Å². The second kappa shape index (κ2) is 10.9. The van der Waals surface area contributed by atoms with Crippen molar-refractivity contribution in [1.29, 1.82) is 0 Å². The summed E-state index contributed by atoms with van der Waals surface area (Å²) in [6.07, 6.45) is -11.8. The highest BCUT2D eigenvalue weighted by atomic mass is 32.2. The Morgan fingerprint density at radius 2 is 1.74 bits per heavy atom. The molecular formula is C24H30F8N2O3S. The van der Waals surface area contributed by atoms with Gasteiger partial charge in [0.15, 0.2) is 0 Å². The van der Waals surface area contributed by atoms with Gasteiger partial charge in [-0.3, -0.25) is 4.79 Å². The lowest BCUT2D eigenvalue weighted by atomic mass is 9.90. The number of alkyl halides is 8. The third-order valence-electron chi connectivity index (χ3n) is 6.90. The van der Waals surface area contributed by atoms with Gasteiger partial charge in [-0.05, 0) is 64.2 Å². The Morgan fingerprint density at radius 3 is 2.26 bits per heavy atom. The molecule has 0 spiro atoms. The fraction of sp³-hybridized carbons (Fsp3) is 0.708.